The summed E-state index contributed by atoms with van der Waals surface area (Å²) < 4.78 is 0. The van der Waals surface area contributed by atoms with Gasteiger partial charge in [-0.3, -0.25) is 9.59 Å². The zero-order chi connectivity index (χ0) is 31.2. The van der Waals surface area contributed by atoms with Crippen LogP contribution in [0, 0.1) is 5.41 Å². The lowest BCUT2D eigenvalue weighted by atomic mass is 9.79. The van der Waals surface area contributed by atoms with Crippen LogP contribution in [-0.4, -0.2) is 79.4 Å². The van der Waals surface area contributed by atoms with E-state index in [0.29, 0.717) is 66.8 Å². The van der Waals surface area contributed by atoms with Crippen LogP contribution in [0.25, 0.3) is 11.3 Å². The zero-order valence-electron chi connectivity index (χ0n) is 25.2. The average molecular weight is 617 g/mol. The van der Waals surface area contributed by atoms with E-state index >= 15 is 0 Å². The third kappa shape index (κ3) is 5.95. The molecule has 2 aromatic carbocycles. The molecule has 2 atom stereocenters. The summed E-state index contributed by atoms with van der Waals surface area (Å²) in [4.78, 5) is 52.5. The van der Waals surface area contributed by atoms with Crippen LogP contribution in [0.1, 0.15) is 60.7 Å². The van der Waals surface area contributed by atoms with Gasteiger partial charge in [-0.2, -0.15) is 0 Å². The Morgan fingerprint density at radius 1 is 1.07 bits per heavy atom. The number of carbonyl (C=O) groups is 3. The molecular weight excluding hydrogens is 580 g/mol. The molecule has 1 fully saturated rings. The van der Waals surface area contributed by atoms with Crippen LogP contribution < -0.4 is 5.32 Å². The van der Waals surface area contributed by atoms with Gasteiger partial charge < -0.3 is 25.1 Å². The standard InChI is InChI=1S/C33H37ClN6O4/c1-33(2,3)27-15-24(11-13-40(27)32(43)44)36-31-35-16-26(34)29(37-31)21-8-9-23-18-39(30(42)25(23)14-21)19-28(41)38-12-10-20-6-4-5-7-22(20)17-38/h4-9,14,16,24,27H,10-13,15,17-19H2,1-3H3,(H,43,44)(H,35,36,37). The molecule has 0 radical (unpaired) electrons. The van der Waals surface area contributed by atoms with Crippen molar-refractivity contribution < 1.29 is 19.5 Å². The highest BCUT2D eigenvalue weighted by atomic mass is 35.5. The maximum absolute atomic E-state index is 13.4. The van der Waals surface area contributed by atoms with Gasteiger partial charge in [-0.15, -0.1) is 0 Å². The van der Waals surface area contributed by atoms with Crippen molar-refractivity contribution in [3.8, 4) is 11.3 Å². The van der Waals surface area contributed by atoms with E-state index in [1.165, 1.54) is 16.7 Å². The van der Waals surface area contributed by atoms with Gasteiger partial charge in [0.05, 0.1) is 16.9 Å². The van der Waals surface area contributed by atoms with Crippen LogP contribution in [0.15, 0.2) is 48.7 Å². The lowest BCUT2D eigenvalue weighted by Crippen LogP contribution is -2.54. The highest BCUT2D eigenvalue weighted by molar-refractivity contribution is 6.33. The SMILES string of the molecule is CC(C)(C)C1CC(Nc2ncc(Cl)c(-c3ccc4c(c3)C(=O)N(CC(=O)N3CCc5ccccc5C3)C4)n2)CCN1C(=O)O. The Hall–Kier alpha value is -4.18. The van der Waals surface area contributed by atoms with Crippen LogP contribution in [-0.2, 0) is 24.3 Å². The fourth-order valence-corrected chi connectivity index (χ4v) is 6.78. The van der Waals surface area contributed by atoms with E-state index in [9.17, 15) is 19.5 Å². The molecule has 0 aliphatic carbocycles. The number of nitrogens with one attached hydrogen (secondary N) is 1. The third-order valence-corrected chi connectivity index (χ3v) is 9.27. The minimum atomic E-state index is -0.903. The number of halogens is 1. The molecule has 3 amide bonds. The van der Waals surface area contributed by atoms with Crippen LogP contribution in [0.3, 0.4) is 0 Å². The van der Waals surface area contributed by atoms with E-state index < -0.39 is 6.09 Å². The first-order valence-corrected chi connectivity index (χ1v) is 15.4. The van der Waals surface area contributed by atoms with Crippen molar-refractivity contribution in [1.29, 1.82) is 0 Å². The van der Waals surface area contributed by atoms with E-state index in [2.05, 4.69) is 22.4 Å². The molecule has 3 aliphatic rings. The van der Waals surface area contributed by atoms with Crippen molar-refractivity contribution in [2.45, 2.75) is 65.2 Å². The van der Waals surface area contributed by atoms with E-state index in [4.69, 9.17) is 16.6 Å². The Morgan fingerprint density at radius 2 is 1.84 bits per heavy atom. The van der Waals surface area contributed by atoms with Crippen LogP contribution in [0.4, 0.5) is 10.7 Å². The second-order valence-electron chi connectivity index (χ2n) is 13.0. The van der Waals surface area contributed by atoms with E-state index in [1.54, 1.807) is 11.0 Å². The zero-order valence-corrected chi connectivity index (χ0v) is 26.0. The van der Waals surface area contributed by atoms with Gasteiger partial charge in [-0.25, -0.2) is 14.8 Å². The number of carboxylic acid groups (broad SMARTS) is 1. The smallest absolute Gasteiger partial charge is 0.407 e. The van der Waals surface area contributed by atoms with Gasteiger partial charge >= 0.3 is 6.09 Å². The summed E-state index contributed by atoms with van der Waals surface area (Å²) in [5, 5.41) is 13.4. The molecular formula is C33H37ClN6O4. The highest BCUT2D eigenvalue weighted by Gasteiger charge is 2.39. The van der Waals surface area contributed by atoms with Crippen LogP contribution in [0.5, 0.6) is 0 Å². The quantitative estimate of drug-likeness (QED) is 0.399. The predicted octanol–water partition coefficient (Wildman–Crippen LogP) is 5.31. The maximum Gasteiger partial charge on any atom is 0.407 e. The van der Waals surface area contributed by atoms with Gasteiger partial charge in [0, 0.05) is 49.4 Å². The number of rotatable bonds is 5. The van der Waals surface area contributed by atoms with Crippen LogP contribution >= 0.6 is 11.6 Å². The topological polar surface area (TPSA) is 119 Å². The predicted molar refractivity (Wildman–Crippen MR) is 167 cm³/mol. The number of amides is 3. The van der Waals surface area contributed by atoms with Gasteiger partial charge in [-0.05, 0) is 47.4 Å². The number of fused-ring (bicyclic) bond motifs is 2. The van der Waals surface area contributed by atoms with E-state index in [0.717, 1.165) is 17.5 Å². The highest BCUT2D eigenvalue weighted by Crippen LogP contribution is 2.35. The Balaban J connectivity index is 1.14. The Bertz CT molecular complexity index is 1620. The van der Waals surface area contributed by atoms with Gasteiger partial charge in [0.15, 0.2) is 0 Å². The molecule has 3 aromatic rings. The van der Waals surface area contributed by atoms with Crippen LogP contribution in [0.2, 0.25) is 5.02 Å². The largest absolute Gasteiger partial charge is 0.465 e. The number of likely N-dealkylation sites (tertiary alicyclic amines) is 1. The fourth-order valence-electron chi connectivity index (χ4n) is 6.58. The third-order valence-electron chi connectivity index (χ3n) is 9.00. The van der Waals surface area contributed by atoms with Crippen molar-refractivity contribution in [2.24, 2.45) is 5.41 Å². The average Bonchev–Trinajstić information content (AvgIpc) is 3.31. The monoisotopic (exact) mass is 616 g/mol. The number of aromatic nitrogens is 2. The van der Waals surface area contributed by atoms with Gasteiger partial charge in [0.1, 0.15) is 6.54 Å². The summed E-state index contributed by atoms with van der Waals surface area (Å²) in [6.07, 6.45) is 2.71. The van der Waals surface area contributed by atoms with Gasteiger partial charge in [0.25, 0.3) is 5.91 Å². The van der Waals surface area contributed by atoms with Gasteiger partial charge in [-0.1, -0.05) is 68.8 Å². The minimum absolute atomic E-state index is 0.00933. The summed E-state index contributed by atoms with van der Waals surface area (Å²) in [7, 11) is 0. The summed E-state index contributed by atoms with van der Waals surface area (Å²) in [6.45, 7) is 8.18. The second kappa shape index (κ2) is 11.7. The molecule has 10 nitrogen and oxygen atoms in total. The molecule has 44 heavy (non-hydrogen) atoms. The van der Waals surface area contributed by atoms with E-state index in [1.807, 2.05) is 49.9 Å². The molecule has 6 rings (SSSR count). The van der Waals surface area contributed by atoms with E-state index in [-0.39, 0.29) is 35.9 Å². The van der Waals surface area contributed by atoms with Crippen molar-refractivity contribution in [1.82, 2.24) is 24.7 Å². The molecule has 1 aromatic heterocycles. The number of hydrogen-bond acceptors (Lipinski definition) is 6. The molecule has 1 saturated heterocycles. The van der Waals surface area contributed by atoms with Crippen molar-refractivity contribution >= 4 is 35.5 Å². The number of benzene rings is 2. The molecule has 3 aliphatic heterocycles. The van der Waals surface area contributed by atoms with Crippen molar-refractivity contribution in [3.63, 3.8) is 0 Å². The van der Waals surface area contributed by atoms with Crippen molar-refractivity contribution in [2.75, 3.05) is 25.0 Å². The minimum Gasteiger partial charge on any atom is -0.465 e. The summed E-state index contributed by atoms with van der Waals surface area (Å²) >= 11 is 6.55. The number of nitrogens with zero attached hydrogens (tertiary/aromatic N) is 5. The second-order valence-corrected chi connectivity index (χ2v) is 13.4. The van der Waals surface area contributed by atoms with Gasteiger partial charge in [0.2, 0.25) is 11.9 Å². The molecule has 11 heteroatoms. The fraction of sp³-hybridized carbons (Fsp3) is 0.424. The number of carbonyl (C=O) groups excluding carboxylic acids is 2. The Kier molecular flexibility index (Phi) is 7.96. The molecule has 0 bridgehead atoms. The summed E-state index contributed by atoms with van der Waals surface area (Å²) in [5.74, 6) is 0.154. The number of piperidine rings is 1. The first-order chi connectivity index (χ1) is 21.0. The molecule has 2 unspecified atom stereocenters. The molecule has 0 saturated carbocycles. The lowest BCUT2D eigenvalue weighted by Gasteiger charge is -2.44. The Labute approximate surface area is 262 Å². The first kappa shape index (κ1) is 29.9. The molecule has 230 valence electrons. The summed E-state index contributed by atoms with van der Waals surface area (Å²) in [6, 6.07) is 13.6. The first-order valence-electron chi connectivity index (χ1n) is 15.0. The number of anilines is 1. The number of hydrogen-bond donors (Lipinski definition) is 2. The maximum atomic E-state index is 13.4. The lowest BCUT2D eigenvalue weighted by molar-refractivity contribution is -0.132. The molecule has 4 heterocycles. The van der Waals surface area contributed by atoms with Crippen molar-refractivity contribution in [3.05, 3.63) is 75.9 Å². The Morgan fingerprint density at radius 3 is 2.59 bits per heavy atom. The normalized spacial score (nSPS) is 19.9. The molecule has 0 spiro atoms. The summed E-state index contributed by atoms with van der Waals surface area (Å²) in [5.41, 5.74) is 4.78. The molecule has 2 N–H and O–H groups in total.